The Balaban J connectivity index is 1.46. The highest BCUT2D eigenvalue weighted by molar-refractivity contribution is 7.88. The minimum absolute atomic E-state index is 0.281. The second-order valence-corrected chi connectivity index (χ2v) is 12.2. The molecule has 1 fully saturated rings. The van der Waals surface area contributed by atoms with Crippen molar-refractivity contribution < 1.29 is 23.1 Å². The number of benzene rings is 1. The molecule has 3 aromatic rings. The molecule has 11 nitrogen and oxygen atoms in total. The molecular weight excluding hydrogens is 516 g/mol. The van der Waals surface area contributed by atoms with Gasteiger partial charge in [0.1, 0.15) is 0 Å². The first-order chi connectivity index (χ1) is 17.6. The van der Waals surface area contributed by atoms with E-state index >= 15 is 0 Å². The van der Waals surface area contributed by atoms with Gasteiger partial charge in [0.15, 0.2) is 5.01 Å². The van der Waals surface area contributed by atoms with Crippen LogP contribution in [-0.2, 0) is 10.0 Å². The summed E-state index contributed by atoms with van der Waals surface area (Å²) in [6, 6.07) is 4.96. The van der Waals surface area contributed by atoms with Gasteiger partial charge in [-0.3, -0.25) is 9.59 Å². The Hall–Kier alpha value is -3.26. The number of nitrogens with two attached hydrogens (primary N) is 1. The van der Waals surface area contributed by atoms with Crippen LogP contribution in [0.5, 0.6) is 0 Å². The van der Waals surface area contributed by atoms with Gasteiger partial charge < -0.3 is 26.0 Å². The number of aliphatic hydroxyl groups excluding tert-OH is 1. The van der Waals surface area contributed by atoms with Crippen LogP contribution in [0, 0.1) is 0 Å². The highest BCUT2D eigenvalue weighted by Gasteiger charge is 2.31. The third-order valence-corrected chi connectivity index (χ3v) is 8.92. The lowest BCUT2D eigenvalue weighted by Crippen LogP contribution is -2.55. The molecule has 5 N–H and O–H groups in total. The molecule has 37 heavy (non-hydrogen) atoms. The molecule has 196 valence electrons. The first kappa shape index (κ1) is 25.4. The average Bonchev–Trinajstić information content (AvgIpc) is 3.55. The first-order valence-corrected chi connectivity index (χ1v) is 14.6. The molecule has 0 aliphatic carbocycles. The maximum atomic E-state index is 12.6. The number of amides is 2. The maximum absolute atomic E-state index is 12.6. The number of primary amides is 1. The summed E-state index contributed by atoms with van der Waals surface area (Å²) < 4.78 is 25.2. The number of aromatic amines is 1. The largest absolute Gasteiger partial charge is 0.391 e. The molecule has 13 heteroatoms. The predicted molar refractivity (Wildman–Crippen MR) is 142 cm³/mol. The number of carbonyl (C=O) groups excluding carboxylic acids is 2. The van der Waals surface area contributed by atoms with Crippen molar-refractivity contribution in [1.82, 2.24) is 19.6 Å². The van der Waals surface area contributed by atoms with Crippen LogP contribution < -0.4 is 16.0 Å². The number of nitrogens with zero attached hydrogens (tertiary/aromatic N) is 3. The van der Waals surface area contributed by atoms with Gasteiger partial charge in [0.05, 0.1) is 29.5 Å². The Morgan fingerprint density at radius 3 is 2.76 bits per heavy atom. The van der Waals surface area contributed by atoms with Crippen molar-refractivity contribution in [2.75, 3.05) is 37.3 Å². The summed E-state index contributed by atoms with van der Waals surface area (Å²) in [6.07, 6.45) is 4.91. The quantitative estimate of drug-likeness (QED) is 0.362. The summed E-state index contributed by atoms with van der Waals surface area (Å²) in [7, 11) is -3.27. The monoisotopic (exact) mass is 544 g/mol. The SMILES string of the molecule is CS(=O)(=O)N1CC=C(c2cc3c(N4CC[C@H](O)[C@@H](NC(=O)c5nccs5)C4)ccc(C(N)=O)c3[nH]2)CC1. The number of anilines is 1. The molecule has 1 aromatic carbocycles. The minimum Gasteiger partial charge on any atom is -0.391 e. The molecule has 2 amide bonds. The van der Waals surface area contributed by atoms with Crippen LogP contribution in [-0.4, -0.2) is 84.2 Å². The van der Waals surface area contributed by atoms with E-state index in [4.69, 9.17) is 5.73 Å². The van der Waals surface area contributed by atoms with E-state index in [2.05, 4.69) is 20.2 Å². The maximum Gasteiger partial charge on any atom is 0.280 e. The van der Waals surface area contributed by atoms with Crippen molar-refractivity contribution in [3.63, 3.8) is 0 Å². The summed E-state index contributed by atoms with van der Waals surface area (Å²) in [6.45, 7) is 1.59. The Kier molecular flexibility index (Phi) is 6.79. The molecule has 2 atom stereocenters. The Morgan fingerprint density at radius 2 is 2.11 bits per heavy atom. The summed E-state index contributed by atoms with van der Waals surface area (Å²) in [5.41, 5.74) is 9.21. The molecule has 4 heterocycles. The second-order valence-electron chi connectivity index (χ2n) is 9.29. The smallest absolute Gasteiger partial charge is 0.280 e. The summed E-state index contributed by atoms with van der Waals surface area (Å²) in [4.78, 5) is 34.2. The fourth-order valence-corrected chi connectivity index (χ4v) is 6.23. The fraction of sp³-hybridized carbons (Fsp3) is 0.375. The van der Waals surface area contributed by atoms with Crippen LogP contribution in [0.2, 0.25) is 0 Å². The van der Waals surface area contributed by atoms with Crippen molar-refractivity contribution in [3.05, 3.63) is 52.1 Å². The lowest BCUT2D eigenvalue weighted by atomic mass is 9.99. The third kappa shape index (κ3) is 5.12. The number of rotatable bonds is 6. The van der Waals surface area contributed by atoms with Gasteiger partial charge in [0.2, 0.25) is 10.0 Å². The topological polar surface area (TPSA) is 162 Å². The van der Waals surface area contributed by atoms with E-state index in [1.807, 2.05) is 18.2 Å². The van der Waals surface area contributed by atoms with E-state index < -0.39 is 28.1 Å². The van der Waals surface area contributed by atoms with E-state index in [1.165, 1.54) is 21.9 Å². The van der Waals surface area contributed by atoms with Crippen molar-refractivity contribution in [2.24, 2.45) is 5.73 Å². The van der Waals surface area contributed by atoms with Gasteiger partial charge in [0.25, 0.3) is 11.8 Å². The van der Waals surface area contributed by atoms with Crippen molar-refractivity contribution in [1.29, 1.82) is 0 Å². The van der Waals surface area contributed by atoms with E-state index in [9.17, 15) is 23.1 Å². The number of piperidine rings is 1. The molecule has 0 unspecified atom stereocenters. The molecule has 2 aliphatic rings. The molecule has 0 radical (unpaired) electrons. The zero-order valence-corrected chi connectivity index (χ0v) is 21.8. The van der Waals surface area contributed by atoms with Gasteiger partial charge >= 0.3 is 0 Å². The van der Waals surface area contributed by atoms with Crippen LogP contribution in [0.4, 0.5) is 5.69 Å². The first-order valence-electron chi connectivity index (χ1n) is 11.8. The van der Waals surface area contributed by atoms with Gasteiger partial charge in [-0.1, -0.05) is 6.08 Å². The van der Waals surface area contributed by atoms with E-state index in [0.29, 0.717) is 48.6 Å². The van der Waals surface area contributed by atoms with Gasteiger partial charge in [-0.2, -0.15) is 4.31 Å². The lowest BCUT2D eigenvalue weighted by molar-refractivity contribution is 0.0785. The molecule has 5 rings (SSSR count). The Labute approximate surface area is 218 Å². The number of hydrogen-bond donors (Lipinski definition) is 4. The standard InChI is InChI=1S/C24H28N6O5S2/c1-37(34,35)30-9-4-14(5-10-30)17-12-16-19(3-2-15(22(25)32)21(16)27-17)29-8-6-20(31)18(13-29)28-23(33)24-26-7-11-36-24/h2-4,7,11-12,18,20,27,31H,5-6,8-10,13H2,1H3,(H2,25,32)(H,28,33)/t18-,20-/m0/s1. The number of thiazole rings is 1. The fourth-order valence-electron chi connectivity index (χ4n) is 4.92. The van der Waals surface area contributed by atoms with Crippen LogP contribution in [0.3, 0.4) is 0 Å². The van der Waals surface area contributed by atoms with Gasteiger partial charge in [-0.05, 0) is 36.6 Å². The van der Waals surface area contributed by atoms with E-state index in [0.717, 1.165) is 22.3 Å². The number of hydrogen-bond acceptors (Lipinski definition) is 8. The van der Waals surface area contributed by atoms with Gasteiger partial charge in [0, 0.05) is 54.5 Å². The molecule has 1 saturated heterocycles. The second kappa shape index (κ2) is 9.89. The van der Waals surface area contributed by atoms with Crippen LogP contribution in [0.1, 0.15) is 38.7 Å². The summed E-state index contributed by atoms with van der Waals surface area (Å²) in [5.74, 6) is -0.889. The molecule has 0 bridgehead atoms. The van der Waals surface area contributed by atoms with E-state index in [1.54, 1.807) is 17.6 Å². The number of sulfonamides is 1. The summed E-state index contributed by atoms with van der Waals surface area (Å²) in [5, 5.41) is 16.3. The Bertz CT molecular complexity index is 1480. The normalized spacial score (nSPS) is 21.1. The van der Waals surface area contributed by atoms with Crippen LogP contribution in [0.25, 0.3) is 16.5 Å². The van der Waals surface area contributed by atoms with E-state index in [-0.39, 0.29) is 12.5 Å². The highest BCUT2D eigenvalue weighted by atomic mass is 32.2. The van der Waals surface area contributed by atoms with Gasteiger partial charge in [-0.15, -0.1) is 11.3 Å². The number of aromatic nitrogens is 2. The third-order valence-electron chi connectivity index (χ3n) is 6.88. The highest BCUT2D eigenvalue weighted by Crippen LogP contribution is 2.35. The molecule has 2 aliphatic heterocycles. The molecule has 0 spiro atoms. The van der Waals surface area contributed by atoms with Crippen molar-refractivity contribution in [3.8, 4) is 0 Å². The molecular formula is C24H28N6O5S2. The van der Waals surface area contributed by atoms with Crippen LogP contribution in [0.15, 0.2) is 35.9 Å². The van der Waals surface area contributed by atoms with Gasteiger partial charge in [-0.25, -0.2) is 13.4 Å². The predicted octanol–water partition coefficient (Wildman–Crippen LogP) is 1.14. The zero-order valence-electron chi connectivity index (χ0n) is 20.2. The Morgan fingerprint density at radius 1 is 1.30 bits per heavy atom. The number of fused-ring (bicyclic) bond motifs is 1. The number of aliphatic hydroxyl groups is 1. The number of nitrogens with one attached hydrogen (secondary N) is 2. The number of H-pyrrole nitrogens is 1. The zero-order chi connectivity index (χ0) is 26.3. The lowest BCUT2D eigenvalue weighted by Gasteiger charge is -2.38. The average molecular weight is 545 g/mol. The minimum atomic E-state index is -3.27. The molecule has 0 saturated carbocycles. The van der Waals surface area contributed by atoms with Crippen LogP contribution >= 0.6 is 11.3 Å². The molecule has 2 aromatic heterocycles. The van der Waals surface area contributed by atoms with Crippen molar-refractivity contribution >= 4 is 55.3 Å². The van der Waals surface area contributed by atoms with Crippen molar-refractivity contribution in [2.45, 2.75) is 25.0 Å². The summed E-state index contributed by atoms with van der Waals surface area (Å²) >= 11 is 1.23. The number of carbonyl (C=O) groups is 2.